The molecule has 1 aromatic heterocycles. The summed E-state index contributed by atoms with van der Waals surface area (Å²) in [5, 5.41) is 27.6. The molecule has 0 radical (unpaired) electrons. The lowest BCUT2D eigenvalue weighted by atomic mass is 9.91. The maximum absolute atomic E-state index is 13.5. The first-order chi connectivity index (χ1) is 21.4. The first kappa shape index (κ1) is 32.3. The van der Waals surface area contributed by atoms with Gasteiger partial charge in [-0.1, -0.05) is 6.07 Å². The second kappa shape index (κ2) is 13.5. The number of hydrogen-bond donors (Lipinski definition) is 4. The fraction of sp³-hybridized carbons (Fsp3) is 0.594. The number of fused-ring (bicyclic) bond motifs is 1. The molecule has 2 saturated heterocycles. The van der Waals surface area contributed by atoms with Crippen LogP contribution in [0.2, 0.25) is 0 Å². The number of benzene rings is 1. The van der Waals surface area contributed by atoms with Crippen molar-refractivity contribution in [2.24, 2.45) is 0 Å². The summed E-state index contributed by atoms with van der Waals surface area (Å²) in [6, 6.07) is 6.04. The van der Waals surface area contributed by atoms with Crippen molar-refractivity contribution in [2.45, 2.75) is 90.1 Å². The number of rotatable bonds is 7. The highest BCUT2D eigenvalue weighted by molar-refractivity contribution is 5.93. The highest BCUT2D eigenvalue weighted by atomic mass is 16.6. The standard InChI is InChI=1S/C32H45N7O6/c1-20(40)37-13-9-23(10-14-37)34-28-17-25(35-30(36-28)38-11-5-6-12-38)29(43)33-18-27(42)26-16-21-7-8-24(41)15-22(21)19-39(26)31(44)45-32(2,3)4/h7-8,15,17,23,26-27,41-42H,5-6,9-14,16,18-19H2,1-4H3,(H,33,43)(H,34,35,36)/t26-,27+/m0/s1. The van der Waals surface area contributed by atoms with Crippen molar-refractivity contribution in [1.29, 1.82) is 0 Å². The Hall–Kier alpha value is -4.13. The molecule has 0 spiro atoms. The maximum Gasteiger partial charge on any atom is 0.410 e. The van der Waals surface area contributed by atoms with Gasteiger partial charge in [-0.25, -0.2) is 9.78 Å². The number of nitrogens with zero attached hydrogens (tertiary/aromatic N) is 5. The predicted molar refractivity (Wildman–Crippen MR) is 168 cm³/mol. The van der Waals surface area contributed by atoms with E-state index in [1.165, 1.54) is 4.90 Å². The first-order valence-corrected chi connectivity index (χ1v) is 15.8. The zero-order chi connectivity index (χ0) is 32.3. The van der Waals surface area contributed by atoms with E-state index in [0.29, 0.717) is 31.3 Å². The van der Waals surface area contributed by atoms with Crippen LogP contribution in [0.1, 0.15) is 75.0 Å². The number of carbonyl (C=O) groups is 3. The van der Waals surface area contributed by atoms with E-state index >= 15 is 0 Å². The third-order valence-corrected chi connectivity index (χ3v) is 8.53. The van der Waals surface area contributed by atoms with Gasteiger partial charge in [-0.2, -0.15) is 4.98 Å². The lowest BCUT2D eigenvalue weighted by Gasteiger charge is -2.40. The van der Waals surface area contributed by atoms with Gasteiger partial charge < -0.3 is 35.4 Å². The molecule has 13 heteroatoms. The zero-order valence-electron chi connectivity index (χ0n) is 26.6. The molecule has 0 aliphatic carbocycles. The number of carbonyl (C=O) groups excluding carboxylic acids is 3. The topological polar surface area (TPSA) is 160 Å². The van der Waals surface area contributed by atoms with Gasteiger partial charge in [0.05, 0.1) is 12.1 Å². The monoisotopic (exact) mass is 623 g/mol. The molecule has 4 heterocycles. The lowest BCUT2D eigenvalue weighted by molar-refractivity contribution is -0.129. The number of aliphatic hydroxyl groups excluding tert-OH is 1. The Balaban J connectivity index is 1.30. The van der Waals surface area contributed by atoms with Crippen LogP contribution in [0.5, 0.6) is 5.75 Å². The quantitative estimate of drug-likeness (QED) is 0.361. The van der Waals surface area contributed by atoms with E-state index in [2.05, 4.69) is 20.5 Å². The van der Waals surface area contributed by atoms with Gasteiger partial charge in [-0.05, 0) is 76.1 Å². The fourth-order valence-electron chi connectivity index (χ4n) is 6.11. The number of aromatic hydroxyl groups is 1. The minimum absolute atomic E-state index is 0.0684. The molecule has 2 atom stereocenters. The third-order valence-electron chi connectivity index (χ3n) is 8.53. The molecule has 0 bridgehead atoms. The Morgan fingerprint density at radius 3 is 2.42 bits per heavy atom. The molecule has 0 unspecified atom stereocenters. The van der Waals surface area contributed by atoms with E-state index in [1.807, 2.05) is 4.90 Å². The molecule has 2 fully saturated rings. The Morgan fingerprint density at radius 1 is 1.04 bits per heavy atom. The molecular weight excluding hydrogens is 578 g/mol. The Bertz CT molecular complexity index is 1400. The van der Waals surface area contributed by atoms with E-state index < -0.39 is 29.7 Å². The molecule has 3 aliphatic heterocycles. The number of nitrogens with one attached hydrogen (secondary N) is 2. The lowest BCUT2D eigenvalue weighted by Crippen LogP contribution is -2.54. The van der Waals surface area contributed by atoms with E-state index in [4.69, 9.17) is 9.72 Å². The Morgan fingerprint density at radius 2 is 1.76 bits per heavy atom. The summed E-state index contributed by atoms with van der Waals surface area (Å²) >= 11 is 0. The van der Waals surface area contributed by atoms with Crippen LogP contribution in [0.25, 0.3) is 0 Å². The molecule has 244 valence electrons. The van der Waals surface area contributed by atoms with Crippen LogP contribution < -0.4 is 15.5 Å². The minimum atomic E-state index is -1.10. The molecule has 45 heavy (non-hydrogen) atoms. The number of anilines is 2. The van der Waals surface area contributed by atoms with Gasteiger partial charge in [0.25, 0.3) is 5.91 Å². The summed E-state index contributed by atoms with van der Waals surface area (Å²) in [5.74, 6) is 0.725. The number of aliphatic hydroxyl groups is 1. The average Bonchev–Trinajstić information content (AvgIpc) is 3.54. The summed E-state index contributed by atoms with van der Waals surface area (Å²) in [6.07, 6.45) is 2.24. The number of piperidine rings is 1. The number of amides is 3. The Labute approximate surface area is 264 Å². The third kappa shape index (κ3) is 8.13. The SMILES string of the molecule is CC(=O)N1CCC(Nc2cc(C(=O)NC[C@@H](O)[C@@H]3Cc4ccc(O)cc4CN3C(=O)OC(C)(C)C)nc(N3CCCC3)n2)CC1. The van der Waals surface area contributed by atoms with Crippen LogP contribution in [-0.4, -0.2) is 104 Å². The van der Waals surface area contributed by atoms with Gasteiger partial charge in [0, 0.05) is 58.3 Å². The van der Waals surface area contributed by atoms with Crippen molar-refractivity contribution >= 4 is 29.7 Å². The number of phenolic OH excluding ortho intramolecular Hbond substituents is 1. The minimum Gasteiger partial charge on any atom is -0.508 e. The first-order valence-electron chi connectivity index (χ1n) is 15.8. The van der Waals surface area contributed by atoms with Gasteiger partial charge in [-0.15, -0.1) is 0 Å². The number of hydrogen-bond acceptors (Lipinski definition) is 10. The Kier molecular flexibility index (Phi) is 9.66. The van der Waals surface area contributed by atoms with E-state index in [9.17, 15) is 24.6 Å². The van der Waals surface area contributed by atoms with Crippen molar-refractivity contribution in [2.75, 3.05) is 42.9 Å². The molecule has 3 amide bonds. The van der Waals surface area contributed by atoms with Gasteiger partial charge in [0.15, 0.2) is 0 Å². The van der Waals surface area contributed by atoms with Crippen molar-refractivity contribution in [3.05, 3.63) is 41.1 Å². The smallest absolute Gasteiger partial charge is 0.410 e. The molecular formula is C32H45N7O6. The van der Waals surface area contributed by atoms with Crippen LogP contribution in [0.4, 0.5) is 16.6 Å². The summed E-state index contributed by atoms with van der Waals surface area (Å²) in [5.41, 5.74) is 1.11. The summed E-state index contributed by atoms with van der Waals surface area (Å²) in [4.78, 5) is 53.0. The van der Waals surface area contributed by atoms with Gasteiger partial charge in [0.2, 0.25) is 11.9 Å². The van der Waals surface area contributed by atoms with Gasteiger partial charge in [0.1, 0.15) is 22.9 Å². The summed E-state index contributed by atoms with van der Waals surface area (Å²) < 4.78 is 5.63. The van der Waals surface area contributed by atoms with Gasteiger partial charge in [-0.3, -0.25) is 14.5 Å². The normalized spacial score (nSPS) is 19.6. The molecule has 0 saturated carbocycles. The molecule has 2 aromatic rings. The van der Waals surface area contributed by atoms with Crippen molar-refractivity contribution in [1.82, 2.24) is 25.1 Å². The number of phenols is 1. The van der Waals surface area contributed by atoms with E-state index in [0.717, 1.165) is 49.9 Å². The zero-order valence-corrected chi connectivity index (χ0v) is 26.6. The summed E-state index contributed by atoms with van der Waals surface area (Å²) in [6.45, 7) is 9.87. The van der Waals surface area contributed by atoms with Crippen molar-refractivity contribution in [3.63, 3.8) is 0 Å². The van der Waals surface area contributed by atoms with Gasteiger partial charge >= 0.3 is 6.09 Å². The fourth-order valence-corrected chi connectivity index (χ4v) is 6.11. The van der Waals surface area contributed by atoms with Crippen LogP contribution in [0, 0.1) is 0 Å². The van der Waals surface area contributed by atoms with E-state index in [-0.39, 0.29) is 36.5 Å². The number of ether oxygens (including phenoxy) is 1. The molecule has 4 N–H and O–H groups in total. The predicted octanol–water partition coefficient (Wildman–Crippen LogP) is 2.66. The number of aromatic nitrogens is 2. The number of likely N-dealkylation sites (tertiary alicyclic amines) is 1. The highest BCUT2D eigenvalue weighted by Gasteiger charge is 2.37. The molecule has 13 nitrogen and oxygen atoms in total. The van der Waals surface area contributed by atoms with Crippen molar-refractivity contribution in [3.8, 4) is 5.75 Å². The second-order valence-corrected chi connectivity index (χ2v) is 13.2. The van der Waals surface area contributed by atoms with Crippen LogP contribution in [0.3, 0.4) is 0 Å². The van der Waals surface area contributed by atoms with Crippen LogP contribution >= 0.6 is 0 Å². The average molecular weight is 624 g/mol. The van der Waals surface area contributed by atoms with Crippen LogP contribution in [0.15, 0.2) is 24.3 Å². The van der Waals surface area contributed by atoms with Crippen molar-refractivity contribution < 1.29 is 29.3 Å². The highest BCUT2D eigenvalue weighted by Crippen LogP contribution is 2.29. The van der Waals surface area contributed by atoms with E-state index in [1.54, 1.807) is 52.0 Å². The molecule has 5 rings (SSSR count). The molecule has 3 aliphatic rings. The largest absolute Gasteiger partial charge is 0.508 e. The second-order valence-electron chi connectivity index (χ2n) is 13.2. The molecule has 1 aromatic carbocycles. The maximum atomic E-state index is 13.5. The van der Waals surface area contributed by atoms with Crippen LogP contribution in [-0.2, 0) is 22.5 Å². The summed E-state index contributed by atoms with van der Waals surface area (Å²) in [7, 11) is 0.